The lowest BCUT2D eigenvalue weighted by Gasteiger charge is -2.05. The predicted octanol–water partition coefficient (Wildman–Crippen LogP) is 3.72. The Morgan fingerprint density at radius 3 is 2.18 bits per heavy atom. The van der Waals surface area contributed by atoms with E-state index in [-0.39, 0.29) is 12.5 Å². The van der Waals surface area contributed by atoms with Crippen molar-refractivity contribution in [3.63, 3.8) is 0 Å². The molecule has 0 atom stereocenters. The third-order valence-corrected chi connectivity index (χ3v) is 4.06. The van der Waals surface area contributed by atoms with E-state index in [1.807, 2.05) is 6.92 Å². The van der Waals surface area contributed by atoms with Gasteiger partial charge in [0.25, 0.3) is 5.91 Å². The summed E-state index contributed by atoms with van der Waals surface area (Å²) in [5.41, 5.74) is 0.994. The van der Waals surface area contributed by atoms with E-state index in [9.17, 15) is 26.7 Å². The van der Waals surface area contributed by atoms with Gasteiger partial charge >= 0.3 is 12.1 Å². The van der Waals surface area contributed by atoms with Gasteiger partial charge in [0.1, 0.15) is 16.5 Å². The highest BCUT2D eigenvalue weighted by Crippen LogP contribution is 2.22. The van der Waals surface area contributed by atoms with Crippen LogP contribution in [0, 0.1) is 18.6 Å². The van der Waals surface area contributed by atoms with Crippen LogP contribution >= 0.6 is 11.3 Å². The Bertz CT molecular complexity index is 819. The summed E-state index contributed by atoms with van der Waals surface area (Å²) in [6, 6.07) is 3.17. The predicted molar refractivity (Wildman–Crippen MR) is 92.2 cm³/mol. The second-order valence-corrected chi connectivity index (χ2v) is 6.23. The lowest BCUT2D eigenvalue weighted by Crippen LogP contribution is -2.22. The zero-order valence-corrected chi connectivity index (χ0v) is 15.5. The Labute approximate surface area is 160 Å². The first-order valence-electron chi connectivity index (χ1n) is 7.68. The number of carbonyl (C=O) groups is 2. The van der Waals surface area contributed by atoms with Gasteiger partial charge in [-0.25, -0.2) is 18.6 Å². The van der Waals surface area contributed by atoms with E-state index >= 15 is 0 Å². The van der Waals surface area contributed by atoms with Crippen molar-refractivity contribution in [1.82, 2.24) is 10.3 Å². The molecule has 0 spiro atoms. The first-order chi connectivity index (χ1) is 12.9. The summed E-state index contributed by atoms with van der Waals surface area (Å²) < 4.78 is 57.9. The number of nitrogens with zero attached hydrogens (tertiary/aromatic N) is 1. The minimum atomic E-state index is -5.08. The summed E-state index contributed by atoms with van der Waals surface area (Å²) >= 11 is 1.25. The summed E-state index contributed by atoms with van der Waals surface area (Å²) in [6.45, 7) is 4.46. The Hall–Kier alpha value is -2.76. The largest absolute Gasteiger partial charge is 0.490 e. The quantitative estimate of drug-likeness (QED) is 0.635. The van der Waals surface area contributed by atoms with Gasteiger partial charge in [0.2, 0.25) is 0 Å². The van der Waals surface area contributed by atoms with Gasteiger partial charge in [0.15, 0.2) is 5.13 Å². The lowest BCUT2D eigenvalue weighted by atomic mass is 10.2. The summed E-state index contributed by atoms with van der Waals surface area (Å²) in [6.07, 6.45) is -5.08. The molecule has 0 fully saturated rings. The molecular formula is C16H16F5N3O3S. The van der Waals surface area contributed by atoms with Gasteiger partial charge in [-0.3, -0.25) is 4.79 Å². The molecule has 0 aliphatic carbocycles. The van der Waals surface area contributed by atoms with E-state index in [0.717, 1.165) is 12.6 Å². The number of amides is 1. The topological polar surface area (TPSA) is 91.3 Å². The van der Waals surface area contributed by atoms with Crippen LogP contribution in [0.25, 0.3) is 0 Å². The lowest BCUT2D eigenvalue weighted by molar-refractivity contribution is -0.192. The number of alkyl halides is 3. The van der Waals surface area contributed by atoms with Crippen LogP contribution in [0.5, 0.6) is 0 Å². The SMILES string of the molecule is CCNc1nc(C)c(C(=O)NCc2cc(F)cc(F)c2)s1.O=C(O)C(F)(F)F. The van der Waals surface area contributed by atoms with Gasteiger partial charge in [-0.1, -0.05) is 11.3 Å². The molecule has 154 valence electrons. The molecule has 1 amide bonds. The Morgan fingerprint density at radius 2 is 1.71 bits per heavy atom. The van der Waals surface area contributed by atoms with E-state index < -0.39 is 23.8 Å². The summed E-state index contributed by atoms with van der Waals surface area (Å²) in [7, 11) is 0. The van der Waals surface area contributed by atoms with Crippen molar-refractivity contribution in [2.24, 2.45) is 0 Å². The minimum Gasteiger partial charge on any atom is -0.475 e. The number of nitrogens with one attached hydrogen (secondary N) is 2. The van der Waals surface area contributed by atoms with Crippen molar-refractivity contribution in [3.05, 3.63) is 46.0 Å². The highest BCUT2D eigenvalue weighted by atomic mass is 32.1. The molecule has 0 aliphatic heterocycles. The monoisotopic (exact) mass is 425 g/mol. The van der Waals surface area contributed by atoms with Crippen molar-refractivity contribution in [2.75, 3.05) is 11.9 Å². The average Bonchev–Trinajstić information content (AvgIpc) is 2.92. The maximum atomic E-state index is 13.1. The van der Waals surface area contributed by atoms with Crippen molar-refractivity contribution in [3.8, 4) is 0 Å². The molecular weight excluding hydrogens is 409 g/mol. The zero-order chi connectivity index (χ0) is 21.5. The summed E-state index contributed by atoms with van der Waals surface area (Å²) in [4.78, 5) is 25.7. The van der Waals surface area contributed by atoms with Gasteiger partial charge in [-0.05, 0) is 31.5 Å². The van der Waals surface area contributed by atoms with Gasteiger partial charge in [0, 0.05) is 19.2 Å². The first kappa shape index (κ1) is 23.3. The molecule has 0 saturated carbocycles. The average molecular weight is 425 g/mol. The summed E-state index contributed by atoms with van der Waals surface area (Å²) in [5.74, 6) is -4.39. The van der Waals surface area contributed by atoms with Gasteiger partial charge in [-0.2, -0.15) is 13.2 Å². The molecule has 28 heavy (non-hydrogen) atoms. The van der Waals surface area contributed by atoms with Crippen molar-refractivity contribution < 1.29 is 36.6 Å². The van der Waals surface area contributed by atoms with Crippen molar-refractivity contribution in [2.45, 2.75) is 26.6 Å². The van der Waals surface area contributed by atoms with E-state index in [1.165, 1.54) is 23.5 Å². The van der Waals surface area contributed by atoms with Crippen LogP contribution < -0.4 is 10.6 Å². The number of rotatable bonds is 5. The van der Waals surface area contributed by atoms with Crippen LogP contribution in [0.15, 0.2) is 18.2 Å². The third-order valence-electron chi connectivity index (χ3n) is 2.95. The molecule has 1 aromatic carbocycles. The smallest absolute Gasteiger partial charge is 0.475 e. The van der Waals surface area contributed by atoms with E-state index in [4.69, 9.17) is 9.90 Å². The number of carboxylic acid groups (broad SMARTS) is 1. The van der Waals surface area contributed by atoms with Crippen LogP contribution in [0.2, 0.25) is 0 Å². The number of benzene rings is 1. The molecule has 0 radical (unpaired) electrons. The molecule has 0 unspecified atom stereocenters. The second kappa shape index (κ2) is 9.97. The van der Waals surface area contributed by atoms with E-state index in [2.05, 4.69) is 15.6 Å². The first-order valence-corrected chi connectivity index (χ1v) is 8.50. The highest BCUT2D eigenvalue weighted by molar-refractivity contribution is 7.17. The Morgan fingerprint density at radius 1 is 1.18 bits per heavy atom. The fourth-order valence-electron chi connectivity index (χ4n) is 1.81. The molecule has 1 heterocycles. The van der Waals surface area contributed by atoms with Gasteiger partial charge in [0.05, 0.1) is 5.69 Å². The van der Waals surface area contributed by atoms with Crippen molar-refractivity contribution >= 4 is 28.3 Å². The second-order valence-electron chi connectivity index (χ2n) is 5.23. The summed E-state index contributed by atoms with van der Waals surface area (Å²) in [5, 5.41) is 13.5. The van der Waals surface area contributed by atoms with Crippen LogP contribution in [0.4, 0.5) is 27.1 Å². The number of halogens is 5. The molecule has 0 saturated heterocycles. The van der Waals surface area contributed by atoms with Crippen molar-refractivity contribution in [1.29, 1.82) is 0 Å². The fourth-order valence-corrected chi connectivity index (χ4v) is 2.76. The highest BCUT2D eigenvalue weighted by Gasteiger charge is 2.38. The number of carbonyl (C=O) groups excluding carboxylic acids is 1. The molecule has 6 nitrogen and oxygen atoms in total. The van der Waals surface area contributed by atoms with Crippen LogP contribution in [0.3, 0.4) is 0 Å². The third kappa shape index (κ3) is 7.47. The number of anilines is 1. The standard InChI is InChI=1S/C14H15F2N3OS.C2HF3O2/c1-3-17-14-19-8(2)12(21-14)13(20)18-7-9-4-10(15)6-11(16)5-9;3-2(4,5)1(6)7/h4-6H,3,7H2,1-2H3,(H,17,19)(H,18,20);(H,6,7). The van der Waals surface area contributed by atoms with E-state index in [0.29, 0.717) is 21.3 Å². The molecule has 0 aliphatic rings. The molecule has 0 bridgehead atoms. The number of thiazole rings is 1. The maximum Gasteiger partial charge on any atom is 0.490 e. The normalized spacial score (nSPS) is 10.7. The molecule has 1 aromatic heterocycles. The molecule has 3 N–H and O–H groups in total. The minimum absolute atomic E-state index is 0.0569. The van der Waals surface area contributed by atoms with Gasteiger partial charge in [-0.15, -0.1) is 0 Å². The molecule has 12 heteroatoms. The Kier molecular flexibility index (Phi) is 8.29. The van der Waals surface area contributed by atoms with Crippen LogP contribution in [-0.4, -0.2) is 34.7 Å². The molecule has 2 rings (SSSR count). The van der Waals surface area contributed by atoms with E-state index in [1.54, 1.807) is 6.92 Å². The molecule has 2 aromatic rings. The number of aliphatic carboxylic acids is 1. The number of hydrogen-bond acceptors (Lipinski definition) is 5. The number of carboxylic acids is 1. The zero-order valence-electron chi connectivity index (χ0n) is 14.7. The van der Waals surface area contributed by atoms with Crippen LogP contribution in [-0.2, 0) is 11.3 Å². The van der Waals surface area contributed by atoms with Gasteiger partial charge < -0.3 is 15.7 Å². The number of aryl methyl sites for hydroxylation is 1. The fraction of sp³-hybridized carbons (Fsp3) is 0.312. The number of aromatic nitrogens is 1. The maximum absolute atomic E-state index is 13.1. The Balaban J connectivity index is 0.000000480. The van der Waals surface area contributed by atoms with Crippen LogP contribution in [0.1, 0.15) is 27.9 Å². The number of hydrogen-bond donors (Lipinski definition) is 3.